The highest BCUT2D eigenvalue weighted by molar-refractivity contribution is 7.89. The van der Waals surface area contributed by atoms with Crippen LogP contribution in [0.2, 0.25) is 0 Å². The molecule has 33 heavy (non-hydrogen) atoms. The molecular formula is C24H27NO7S. The fourth-order valence-electron chi connectivity index (χ4n) is 3.54. The number of ether oxygens (including phenoxy) is 3. The van der Waals surface area contributed by atoms with Crippen molar-refractivity contribution in [1.29, 1.82) is 0 Å². The summed E-state index contributed by atoms with van der Waals surface area (Å²) in [6.45, 7) is 0.554. The van der Waals surface area contributed by atoms with Crippen LogP contribution < -0.4 is 9.47 Å². The largest absolute Gasteiger partial charge is 0.493 e. The number of methoxy groups -OCH3 is 2. The maximum atomic E-state index is 12.7. The van der Waals surface area contributed by atoms with Gasteiger partial charge in [-0.2, -0.15) is 4.31 Å². The molecule has 9 heteroatoms. The van der Waals surface area contributed by atoms with Crippen LogP contribution in [0.4, 0.5) is 0 Å². The number of sulfonamides is 1. The normalized spacial score (nSPS) is 14.7. The molecule has 0 bridgehead atoms. The second-order valence-electron chi connectivity index (χ2n) is 7.44. The lowest BCUT2D eigenvalue weighted by Crippen LogP contribution is -2.35. The minimum absolute atomic E-state index is 0.146. The van der Waals surface area contributed by atoms with E-state index in [0.717, 1.165) is 19.3 Å². The lowest BCUT2D eigenvalue weighted by atomic mass is 10.1. The minimum atomic E-state index is -3.57. The zero-order valence-corrected chi connectivity index (χ0v) is 19.5. The van der Waals surface area contributed by atoms with Gasteiger partial charge in [0.15, 0.2) is 23.9 Å². The number of para-hydroxylation sites is 1. The van der Waals surface area contributed by atoms with Gasteiger partial charge < -0.3 is 14.2 Å². The predicted molar refractivity (Wildman–Crippen MR) is 123 cm³/mol. The Morgan fingerprint density at radius 1 is 0.970 bits per heavy atom. The van der Waals surface area contributed by atoms with Crippen molar-refractivity contribution >= 4 is 27.9 Å². The van der Waals surface area contributed by atoms with Gasteiger partial charge in [0.05, 0.1) is 19.1 Å². The second-order valence-corrected chi connectivity index (χ2v) is 9.37. The molecule has 0 aliphatic carbocycles. The van der Waals surface area contributed by atoms with Gasteiger partial charge in [0.1, 0.15) is 0 Å². The zero-order valence-electron chi connectivity index (χ0n) is 18.7. The summed E-state index contributed by atoms with van der Waals surface area (Å²) >= 11 is 0. The van der Waals surface area contributed by atoms with Crippen molar-refractivity contribution < 1.29 is 32.2 Å². The Labute approximate surface area is 193 Å². The molecule has 3 rings (SSSR count). The Balaban J connectivity index is 1.58. The molecule has 0 N–H and O–H groups in total. The number of hydrogen-bond donors (Lipinski definition) is 0. The number of esters is 1. The number of hydrogen-bond acceptors (Lipinski definition) is 7. The standard InChI is InChI=1S/C24H27NO7S/c1-30-22-8-6-7-19(24(22)31-2)11-14-23(27)32-17-21(26)18-9-12-20(13-10-18)33(28,29)25-15-4-3-5-16-25/h6-14H,3-5,15-17H2,1-2H3. The van der Waals surface area contributed by atoms with Crippen molar-refractivity contribution in [2.45, 2.75) is 24.2 Å². The summed E-state index contributed by atoms with van der Waals surface area (Å²) in [7, 11) is -0.556. The third-order valence-corrected chi connectivity index (χ3v) is 7.22. The van der Waals surface area contributed by atoms with Gasteiger partial charge in [-0.25, -0.2) is 13.2 Å². The monoisotopic (exact) mass is 473 g/mol. The summed E-state index contributed by atoms with van der Waals surface area (Å²) in [6.07, 6.45) is 5.42. The first-order valence-corrected chi connectivity index (χ1v) is 12.0. The van der Waals surface area contributed by atoms with Crippen LogP contribution in [0, 0.1) is 0 Å². The van der Waals surface area contributed by atoms with Crippen LogP contribution in [-0.2, 0) is 19.6 Å². The molecule has 0 atom stereocenters. The number of ketones is 1. The van der Waals surface area contributed by atoms with E-state index in [4.69, 9.17) is 14.2 Å². The Morgan fingerprint density at radius 2 is 1.67 bits per heavy atom. The van der Waals surface area contributed by atoms with Crippen LogP contribution in [0.5, 0.6) is 11.5 Å². The van der Waals surface area contributed by atoms with Crippen LogP contribution in [0.25, 0.3) is 6.08 Å². The Bertz CT molecular complexity index is 1120. The van der Waals surface area contributed by atoms with Crippen molar-refractivity contribution in [3.8, 4) is 11.5 Å². The number of benzene rings is 2. The highest BCUT2D eigenvalue weighted by atomic mass is 32.2. The highest BCUT2D eigenvalue weighted by Crippen LogP contribution is 2.31. The molecule has 1 aliphatic rings. The first-order chi connectivity index (χ1) is 15.9. The molecule has 8 nitrogen and oxygen atoms in total. The Morgan fingerprint density at radius 3 is 2.30 bits per heavy atom. The molecule has 1 aliphatic heterocycles. The third kappa shape index (κ3) is 6.00. The topological polar surface area (TPSA) is 99.2 Å². The van der Waals surface area contributed by atoms with E-state index < -0.39 is 28.4 Å². The first-order valence-electron chi connectivity index (χ1n) is 10.6. The summed E-state index contributed by atoms with van der Waals surface area (Å²) in [4.78, 5) is 24.6. The molecule has 0 radical (unpaired) electrons. The van der Waals surface area contributed by atoms with Gasteiger partial charge in [-0.05, 0) is 49.2 Å². The smallest absolute Gasteiger partial charge is 0.331 e. The van der Waals surface area contributed by atoms with Crippen molar-refractivity contribution in [2.75, 3.05) is 33.9 Å². The molecular weight excluding hydrogens is 446 g/mol. The lowest BCUT2D eigenvalue weighted by molar-refractivity contribution is -0.136. The summed E-state index contributed by atoms with van der Waals surface area (Å²) in [5.41, 5.74) is 0.879. The van der Waals surface area contributed by atoms with E-state index in [1.807, 2.05) is 0 Å². The van der Waals surface area contributed by atoms with E-state index in [0.29, 0.717) is 30.2 Å². The van der Waals surface area contributed by atoms with Gasteiger partial charge in [-0.15, -0.1) is 0 Å². The quantitative estimate of drug-likeness (QED) is 0.313. The van der Waals surface area contributed by atoms with Gasteiger partial charge in [-0.1, -0.05) is 18.6 Å². The minimum Gasteiger partial charge on any atom is -0.493 e. The first kappa shape index (κ1) is 24.5. The molecule has 176 valence electrons. The van der Waals surface area contributed by atoms with E-state index in [2.05, 4.69) is 0 Å². The van der Waals surface area contributed by atoms with Gasteiger partial charge in [0.25, 0.3) is 0 Å². The summed E-state index contributed by atoms with van der Waals surface area (Å²) in [6, 6.07) is 10.9. The number of piperidine rings is 1. The highest BCUT2D eigenvalue weighted by Gasteiger charge is 2.26. The van der Waals surface area contributed by atoms with Crippen LogP contribution in [0.1, 0.15) is 35.2 Å². The average molecular weight is 474 g/mol. The van der Waals surface area contributed by atoms with Crippen LogP contribution in [0.3, 0.4) is 0 Å². The van der Waals surface area contributed by atoms with E-state index in [1.165, 1.54) is 54.9 Å². The van der Waals surface area contributed by atoms with Gasteiger partial charge in [-0.3, -0.25) is 4.79 Å². The Kier molecular flexibility index (Phi) is 8.24. The molecule has 1 heterocycles. The van der Waals surface area contributed by atoms with E-state index >= 15 is 0 Å². The van der Waals surface area contributed by atoms with Gasteiger partial charge in [0.2, 0.25) is 10.0 Å². The number of Topliss-reactive ketones (excluding diaryl/α,β-unsaturated/α-hetero) is 1. The molecule has 0 aromatic heterocycles. The SMILES string of the molecule is COc1cccc(C=CC(=O)OCC(=O)c2ccc(S(=O)(=O)N3CCCCC3)cc2)c1OC. The van der Waals surface area contributed by atoms with Crippen LogP contribution in [-0.4, -0.2) is 58.4 Å². The van der Waals surface area contributed by atoms with Gasteiger partial charge >= 0.3 is 5.97 Å². The Hall–Kier alpha value is -3.17. The van der Waals surface area contributed by atoms with Crippen molar-refractivity contribution in [3.63, 3.8) is 0 Å². The maximum Gasteiger partial charge on any atom is 0.331 e. The molecule has 0 amide bonds. The van der Waals surface area contributed by atoms with Crippen LogP contribution in [0.15, 0.2) is 53.4 Å². The molecule has 0 saturated carbocycles. The predicted octanol–water partition coefficient (Wildman–Crippen LogP) is 3.32. The molecule has 1 fully saturated rings. The summed E-state index contributed by atoms with van der Waals surface area (Å²) in [5, 5.41) is 0. The zero-order chi connectivity index (χ0) is 23.8. The van der Waals surface area contributed by atoms with Crippen molar-refractivity contribution in [1.82, 2.24) is 4.31 Å². The fourth-order valence-corrected chi connectivity index (χ4v) is 5.05. The van der Waals surface area contributed by atoms with Crippen LogP contribution >= 0.6 is 0 Å². The number of nitrogens with zero attached hydrogens (tertiary/aromatic N) is 1. The fraction of sp³-hybridized carbons (Fsp3) is 0.333. The molecule has 0 unspecified atom stereocenters. The number of rotatable bonds is 9. The number of carbonyl (C=O) groups excluding carboxylic acids is 2. The molecule has 2 aromatic carbocycles. The van der Waals surface area contributed by atoms with Crippen molar-refractivity contribution in [3.05, 3.63) is 59.7 Å². The van der Waals surface area contributed by atoms with Crippen molar-refractivity contribution in [2.24, 2.45) is 0 Å². The van der Waals surface area contributed by atoms with Gasteiger partial charge in [0, 0.05) is 30.3 Å². The summed E-state index contributed by atoms with van der Waals surface area (Å²) in [5.74, 6) is -0.135. The maximum absolute atomic E-state index is 12.7. The molecule has 2 aromatic rings. The third-order valence-electron chi connectivity index (χ3n) is 5.31. The lowest BCUT2D eigenvalue weighted by Gasteiger charge is -2.25. The average Bonchev–Trinajstić information content (AvgIpc) is 2.86. The second kappa shape index (κ2) is 11.1. The molecule has 0 spiro atoms. The van der Waals surface area contributed by atoms with E-state index in [9.17, 15) is 18.0 Å². The van der Waals surface area contributed by atoms with E-state index in [-0.39, 0.29) is 10.5 Å². The van der Waals surface area contributed by atoms with E-state index in [1.54, 1.807) is 18.2 Å². The molecule has 1 saturated heterocycles. The summed E-state index contributed by atoms with van der Waals surface area (Å²) < 4.78 is 42.4. The number of carbonyl (C=O) groups is 2.